The van der Waals surface area contributed by atoms with E-state index >= 15 is 0 Å². The molecule has 6 heteroatoms. The summed E-state index contributed by atoms with van der Waals surface area (Å²) in [5.41, 5.74) is 2.59. The quantitative estimate of drug-likeness (QED) is 0.728. The minimum absolute atomic E-state index is 0.00341. The van der Waals surface area contributed by atoms with Crippen molar-refractivity contribution in [3.63, 3.8) is 0 Å². The normalized spacial score (nSPS) is 15.9. The fourth-order valence-corrected chi connectivity index (χ4v) is 4.67. The number of carbonyl (C=O) groups excluding carboxylic acids is 1. The van der Waals surface area contributed by atoms with Gasteiger partial charge in [0.05, 0.1) is 16.1 Å². The maximum absolute atomic E-state index is 13.4. The van der Waals surface area contributed by atoms with Crippen molar-refractivity contribution >= 4 is 27.3 Å². The number of rotatable bonds is 4. The largest absolute Gasteiger partial charge is 0.305 e. The summed E-state index contributed by atoms with van der Waals surface area (Å²) in [6.07, 6.45) is 0.778. The molecule has 0 aliphatic carbocycles. The van der Waals surface area contributed by atoms with E-state index in [1.165, 1.54) is 12.1 Å². The van der Waals surface area contributed by atoms with E-state index in [4.69, 9.17) is 0 Å². The monoisotopic (exact) mass is 392 g/mol. The Hall–Kier alpha value is -3.12. The molecule has 0 radical (unpaired) electrons. The molecule has 28 heavy (non-hydrogen) atoms. The fourth-order valence-electron chi connectivity index (χ4n) is 3.57. The van der Waals surface area contributed by atoms with Gasteiger partial charge in [0.25, 0.3) is 15.9 Å². The lowest BCUT2D eigenvalue weighted by Crippen LogP contribution is -2.36. The van der Waals surface area contributed by atoms with Crippen molar-refractivity contribution in [2.24, 2.45) is 0 Å². The average molecular weight is 392 g/mol. The Morgan fingerprint density at radius 3 is 2.36 bits per heavy atom. The number of amides is 1. The molecule has 4 rings (SSSR count). The standard InChI is InChI=1S/C22H20N2O3S/c1-16-15-17-9-5-8-14-21(17)24(16)22(25)19-12-6-7-13-20(19)23-28(26,27)18-10-3-2-4-11-18/h2-14,16,23H,15H2,1H3/t16-/m0/s1. The zero-order chi connectivity index (χ0) is 19.7. The van der Waals surface area contributed by atoms with Crippen LogP contribution in [0.15, 0.2) is 83.8 Å². The first-order chi connectivity index (χ1) is 13.5. The molecule has 142 valence electrons. The van der Waals surface area contributed by atoms with E-state index in [9.17, 15) is 13.2 Å². The van der Waals surface area contributed by atoms with Gasteiger partial charge in [0, 0.05) is 11.7 Å². The third-order valence-electron chi connectivity index (χ3n) is 4.88. The minimum atomic E-state index is -3.79. The van der Waals surface area contributed by atoms with Crippen LogP contribution in [0.3, 0.4) is 0 Å². The van der Waals surface area contributed by atoms with Crippen LogP contribution in [-0.2, 0) is 16.4 Å². The topological polar surface area (TPSA) is 66.5 Å². The molecule has 0 aromatic heterocycles. The Balaban J connectivity index is 1.70. The van der Waals surface area contributed by atoms with Crippen LogP contribution in [0.4, 0.5) is 11.4 Å². The molecule has 1 heterocycles. The van der Waals surface area contributed by atoms with Gasteiger partial charge in [-0.15, -0.1) is 0 Å². The number of nitrogens with zero attached hydrogens (tertiary/aromatic N) is 1. The van der Waals surface area contributed by atoms with Crippen LogP contribution in [-0.4, -0.2) is 20.4 Å². The second-order valence-corrected chi connectivity index (χ2v) is 8.50. The number of para-hydroxylation sites is 2. The first-order valence-electron chi connectivity index (χ1n) is 9.06. The fraction of sp³-hybridized carbons (Fsp3) is 0.136. The zero-order valence-corrected chi connectivity index (χ0v) is 16.2. The number of sulfonamides is 1. The highest BCUT2D eigenvalue weighted by molar-refractivity contribution is 7.92. The summed E-state index contributed by atoms with van der Waals surface area (Å²) >= 11 is 0. The Morgan fingerprint density at radius 2 is 1.57 bits per heavy atom. The van der Waals surface area contributed by atoms with Gasteiger partial charge >= 0.3 is 0 Å². The molecule has 0 fully saturated rings. The third kappa shape index (κ3) is 3.27. The number of benzene rings is 3. The minimum Gasteiger partial charge on any atom is -0.305 e. The molecule has 0 bridgehead atoms. The van der Waals surface area contributed by atoms with Crippen LogP contribution >= 0.6 is 0 Å². The van der Waals surface area contributed by atoms with Crippen LogP contribution in [0.25, 0.3) is 0 Å². The summed E-state index contributed by atoms with van der Waals surface area (Å²) in [5.74, 6) is -0.219. The predicted octanol–water partition coefficient (Wildman–Crippen LogP) is 4.08. The number of fused-ring (bicyclic) bond motifs is 1. The van der Waals surface area contributed by atoms with E-state index < -0.39 is 10.0 Å². The smallest absolute Gasteiger partial charge is 0.261 e. The molecule has 1 atom stereocenters. The van der Waals surface area contributed by atoms with E-state index in [1.807, 2.05) is 31.2 Å². The van der Waals surface area contributed by atoms with Crippen LogP contribution in [0.5, 0.6) is 0 Å². The number of hydrogen-bond donors (Lipinski definition) is 1. The summed E-state index contributed by atoms with van der Waals surface area (Å²) in [7, 11) is -3.79. The van der Waals surface area contributed by atoms with E-state index in [-0.39, 0.29) is 22.5 Å². The highest BCUT2D eigenvalue weighted by Gasteiger charge is 2.32. The molecule has 0 saturated carbocycles. The molecule has 1 N–H and O–H groups in total. The molecule has 1 aliphatic rings. The molecular formula is C22H20N2O3S. The van der Waals surface area contributed by atoms with Crippen molar-refractivity contribution in [3.05, 3.63) is 90.0 Å². The first-order valence-corrected chi connectivity index (χ1v) is 10.5. The van der Waals surface area contributed by atoms with Crippen LogP contribution in [0.1, 0.15) is 22.8 Å². The van der Waals surface area contributed by atoms with E-state index in [0.717, 1.165) is 17.7 Å². The Kier molecular flexibility index (Phi) is 4.65. The summed E-state index contributed by atoms with van der Waals surface area (Å²) in [6.45, 7) is 1.99. The highest BCUT2D eigenvalue weighted by atomic mass is 32.2. The van der Waals surface area contributed by atoms with Gasteiger partial charge in [0.2, 0.25) is 0 Å². The third-order valence-corrected chi connectivity index (χ3v) is 6.26. The van der Waals surface area contributed by atoms with Crippen molar-refractivity contribution in [1.82, 2.24) is 0 Å². The highest BCUT2D eigenvalue weighted by Crippen LogP contribution is 2.34. The average Bonchev–Trinajstić information content (AvgIpc) is 3.04. The lowest BCUT2D eigenvalue weighted by Gasteiger charge is -2.24. The Morgan fingerprint density at radius 1 is 0.929 bits per heavy atom. The number of nitrogens with one attached hydrogen (secondary N) is 1. The van der Waals surface area contributed by atoms with E-state index in [2.05, 4.69) is 4.72 Å². The van der Waals surface area contributed by atoms with Crippen molar-refractivity contribution in [3.8, 4) is 0 Å². The van der Waals surface area contributed by atoms with Gasteiger partial charge in [-0.1, -0.05) is 48.5 Å². The summed E-state index contributed by atoms with van der Waals surface area (Å²) in [6, 6.07) is 22.6. The van der Waals surface area contributed by atoms with Crippen LogP contribution < -0.4 is 9.62 Å². The Labute approximate surface area is 164 Å². The van der Waals surface area contributed by atoms with Crippen LogP contribution in [0, 0.1) is 0 Å². The molecule has 0 spiro atoms. The van der Waals surface area contributed by atoms with Gasteiger partial charge in [-0.25, -0.2) is 8.42 Å². The Bertz CT molecular complexity index is 1130. The molecule has 5 nitrogen and oxygen atoms in total. The lowest BCUT2D eigenvalue weighted by molar-refractivity contribution is 0.0982. The van der Waals surface area contributed by atoms with Crippen molar-refractivity contribution < 1.29 is 13.2 Å². The molecule has 1 aliphatic heterocycles. The van der Waals surface area contributed by atoms with Crippen molar-refractivity contribution in [1.29, 1.82) is 0 Å². The molecule has 3 aromatic carbocycles. The SMILES string of the molecule is C[C@H]1Cc2ccccc2N1C(=O)c1ccccc1NS(=O)(=O)c1ccccc1. The predicted molar refractivity (Wildman–Crippen MR) is 110 cm³/mol. The lowest BCUT2D eigenvalue weighted by atomic mass is 10.1. The van der Waals surface area contributed by atoms with Crippen molar-refractivity contribution in [2.75, 3.05) is 9.62 Å². The molecule has 3 aromatic rings. The number of hydrogen-bond acceptors (Lipinski definition) is 3. The number of anilines is 2. The maximum Gasteiger partial charge on any atom is 0.261 e. The van der Waals surface area contributed by atoms with Gasteiger partial charge in [-0.3, -0.25) is 9.52 Å². The number of carbonyl (C=O) groups is 1. The van der Waals surface area contributed by atoms with E-state index in [1.54, 1.807) is 47.4 Å². The second kappa shape index (κ2) is 7.13. The maximum atomic E-state index is 13.4. The van der Waals surface area contributed by atoms with Crippen LogP contribution in [0.2, 0.25) is 0 Å². The molecule has 0 unspecified atom stereocenters. The van der Waals surface area contributed by atoms with Gasteiger partial charge in [-0.05, 0) is 49.2 Å². The zero-order valence-electron chi connectivity index (χ0n) is 15.4. The van der Waals surface area contributed by atoms with Crippen molar-refractivity contribution in [2.45, 2.75) is 24.3 Å². The second-order valence-electron chi connectivity index (χ2n) is 6.82. The van der Waals surface area contributed by atoms with Gasteiger partial charge < -0.3 is 4.90 Å². The molecule has 1 amide bonds. The van der Waals surface area contributed by atoms with Gasteiger partial charge in [-0.2, -0.15) is 0 Å². The van der Waals surface area contributed by atoms with E-state index in [0.29, 0.717) is 5.56 Å². The summed E-state index contributed by atoms with van der Waals surface area (Å²) in [5, 5.41) is 0. The first kappa shape index (κ1) is 18.3. The summed E-state index contributed by atoms with van der Waals surface area (Å²) < 4.78 is 28.0. The summed E-state index contributed by atoms with van der Waals surface area (Å²) in [4.78, 5) is 15.2. The molecule has 0 saturated heterocycles. The van der Waals surface area contributed by atoms with Gasteiger partial charge in [0.15, 0.2) is 0 Å². The molecular weight excluding hydrogens is 372 g/mol. The van der Waals surface area contributed by atoms with Gasteiger partial charge in [0.1, 0.15) is 0 Å².